The van der Waals surface area contributed by atoms with Crippen LogP contribution in [0.3, 0.4) is 0 Å². The Morgan fingerprint density at radius 3 is 2.65 bits per heavy atom. The molecule has 1 aliphatic heterocycles. The summed E-state index contributed by atoms with van der Waals surface area (Å²) >= 11 is 0. The van der Waals surface area contributed by atoms with Crippen molar-refractivity contribution in [1.82, 2.24) is 10.2 Å². The van der Waals surface area contributed by atoms with Gasteiger partial charge in [-0.25, -0.2) is 0 Å². The van der Waals surface area contributed by atoms with Crippen molar-refractivity contribution >= 4 is 17.8 Å². The quantitative estimate of drug-likeness (QED) is 0.656. The van der Waals surface area contributed by atoms with E-state index in [0.717, 1.165) is 0 Å². The predicted molar refractivity (Wildman–Crippen MR) is 58.1 cm³/mol. The predicted octanol–water partition coefficient (Wildman–Crippen LogP) is -0.412. The van der Waals surface area contributed by atoms with Crippen molar-refractivity contribution < 1.29 is 19.5 Å². The average molecular weight is 240 g/mol. The van der Waals surface area contributed by atoms with Crippen molar-refractivity contribution in [3.63, 3.8) is 0 Å². The lowest BCUT2D eigenvalue weighted by molar-refractivity contribution is -0.157. The van der Waals surface area contributed by atoms with Gasteiger partial charge in [0.1, 0.15) is 11.5 Å². The number of hydrogen-bond acceptors (Lipinski definition) is 3. The first kappa shape index (κ1) is 11.9. The molecule has 2 amide bonds. The Kier molecular flexibility index (Phi) is 2.81. The molecule has 0 aromatic rings. The molecule has 0 aromatic heterocycles. The van der Waals surface area contributed by atoms with Crippen molar-refractivity contribution in [2.24, 2.45) is 5.41 Å². The second-order valence-electron chi connectivity index (χ2n) is 4.60. The van der Waals surface area contributed by atoms with Crippen LogP contribution in [0.1, 0.15) is 26.2 Å². The second kappa shape index (κ2) is 4.01. The summed E-state index contributed by atoms with van der Waals surface area (Å²) in [6.45, 7) is 2.62. The molecular weight excluding hydrogens is 224 g/mol. The average Bonchev–Trinajstić information content (AvgIpc) is 3.08. The van der Waals surface area contributed by atoms with E-state index in [-0.39, 0.29) is 5.91 Å². The fourth-order valence-electron chi connectivity index (χ4n) is 2.28. The minimum Gasteiger partial charge on any atom is -0.480 e. The summed E-state index contributed by atoms with van der Waals surface area (Å²) in [6.07, 6.45) is 1.28. The third-order valence-electron chi connectivity index (χ3n) is 3.55. The van der Waals surface area contributed by atoms with Crippen molar-refractivity contribution in [3.05, 3.63) is 0 Å². The van der Waals surface area contributed by atoms with Gasteiger partial charge in [0, 0.05) is 13.1 Å². The van der Waals surface area contributed by atoms with Crippen LogP contribution < -0.4 is 5.32 Å². The number of piperazine rings is 1. The maximum atomic E-state index is 12.2. The zero-order valence-electron chi connectivity index (χ0n) is 9.73. The van der Waals surface area contributed by atoms with Crippen LogP contribution in [-0.2, 0) is 14.4 Å². The molecule has 2 N–H and O–H groups in total. The van der Waals surface area contributed by atoms with Crippen LogP contribution in [0.25, 0.3) is 0 Å². The second-order valence-corrected chi connectivity index (χ2v) is 4.60. The van der Waals surface area contributed by atoms with Crippen molar-refractivity contribution in [2.45, 2.75) is 32.2 Å². The number of aliphatic carboxylic acids is 1. The number of nitrogens with zero attached hydrogens (tertiary/aromatic N) is 1. The van der Waals surface area contributed by atoms with E-state index >= 15 is 0 Å². The lowest BCUT2D eigenvalue weighted by Crippen LogP contribution is -2.59. The molecule has 1 atom stereocenters. The van der Waals surface area contributed by atoms with Crippen LogP contribution in [0, 0.1) is 5.41 Å². The van der Waals surface area contributed by atoms with E-state index in [1.165, 1.54) is 4.90 Å². The summed E-state index contributed by atoms with van der Waals surface area (Å²) in [5.74, 6) is -1.65. The van der Waals surface area contributed by atoms with Gasteiger partial charge in [-0.05, 0) is 19.3 Å². The topological polar surface area (TPSA) is 86.7 Å². The number of carbonyl (C=O) groups excluding carboxylic acids is 2. The standard InChI is InChI=1S/C11H16N2O4/c1-2-7-8(14)12-5-6-13(7)9(15)11(3-4-11)10(16)17/h7H,2-6H2,1H3,(H,12,14)(H,16,17). The van der Waals surface area contributed by atoms with Crippen LogP contribution in [0.2, 0.25) is 0 Å². The number of carboxylic acid groups (broad SMARTS) is 1. The fourth-order valence-corrected chi connectivity index (χ4v) is 2.28. The van der Waals surface area contributed by atoms with Gasteiger partial charge in [-0.2, -0.15) is 0 Å². The molecule has 2 aliphatic rings. The first-order valence-electron chi connectivity index (χ1n) is 5.85. The molecule has 0 aromatic carbocycles. The molecule has 1 saturated heterocycles. The SMILES string of the molecule is CCC1C(=O)NCCN1C(=O)C1(C(=O)O)CC1. The highest BCUT2D eigenvalue weighted by molar-refractivity contribution is 6.06. The molecule has 6 nitrogen and oxygen atoms in total. The van der Waals surface area contributed by atoms with E-state index in [4.69, 9.17) is 5.11 Å². The molecule has 1 unspecified atom stereocenters. The van der Waals surface area contributed by atoms with Crippen molar-refractivity contribution in [3.8, 4) is 0 Å². The largest absolute Gasteiger partial charge is 0.480 e. The Bertz CT molecular complexity index is 376. The molecule has 17 heavy (non-hydrogen) atoms. The maximum Gasteiger partial charge on any atom is 0.319 e. The molecule has 0 radical (unpaired) electrons. The lowest BCUT2D eigenvalue weighted by atomic mass is 10.0. The summed E-state index contributed by atoms with van der Waals surface area (Å²) in [7, 11) is 0. The van der Waals surface area contributed by atoms with Crippen molar-refractivity contribution in [2.75, 3.05) is 13.1 Å². The van der Waals surface area contributed by atoms with E-state index in [9.17, 15) is 14.4 Å². The third-order valence-corrected chi connectivity index (χ3v) is 3.55. The molecule has 94 valence electrons. The number of carbonyl (C=O) groups is 3. The van der Waals surface area contributed by atoms with Gasteiger partial charge >= 0.3 is 5.97 Å². The number of nitrogens with one attached hydrogen (secondary N) is 1. The van der Waals surface area contributed by atoms with E-state index in [0.29, 0.717) is 32.4 Å². The molecule has 2 rings (SSSR count). The smallest absolute Gasteiger partial charge is 0.319 e. The minimum atomic E-state index is -1.25. The number of hydrogen-bond donors (Lipinski definition) is 2. The van der Waals surface area contributed by atoms with Crippen LogP contribution in [0.5, 0.6) is 0 Å². The summed E-state index contributed by atoms with van der Waals surface area (Å²) in [4.78, 5) is 36.3. The van der Waals surface area contributed by atoms with Gasteiger partial charge in [0.15, 0.2) is 0 Å². The monoisotopic (exact) mass is 240 g/mol. The van der Waals surface area contributed by atoms with Crippen LogP contribution in [-0.4, -0.2) is 46.9 Å². The molecule has 2 fully saturated rings. The van der Waals surface area contributed by atoms with E-state index < -0.39 is 23.3 Å². The third kappa shape index (κ3) is 1.77. The number of rotatable bonds is 3. The van der Waals surface area contributed by atoms with Gasteiger partial charge in [0.25, 0.3) is 0 Å². The van der Waals surface area contributed by atoms with E-state index in [1.54, 1.807) is 0 Å². The minimum absolute atomic E-state index is 0.187. The fraction of sp³-hybridized carbons (Fsp3) is 0.727. The highest BCUT2D eigenvalue weighted by Crippen LogP contribution is 2.48. The first-order chi connectivity index (χ1) is 8.03. The Morgan fingerprint density at radius 2 is 2.18 bits per heavy atom. The zero-order valence-corrected chi connectivity index (χ0v) is 9.73. The van der Waals surface area contributed by atoms with Crippen molar-refractivity contribution in [1.29, 1.82) is 0 Å². The summed E-state index contributed by atoms with van der Waals surface area (Å²) in [6, 6.07) is -0.520. The Balaban J connectivity index is 2.18. The Hall–Kier alpha value is -1.59. The highest BCUT2D eigenvalue weighted by atomic mass is 16.4. The number of carboxylic acids is 1. The molecular formula is C11H16N2O4. The maximum absolute atomic E-state index is 12.2. The van der Waals surface area contributed by atoms with Crippen LogP contribution >= 0.6 is 0 Å². The molecule has 1 saturated carbocycles. The Labute approximate surface area is 99.0 Å². The van der Waals surface area contributed by atoms with Gasteiger partial charge in [-0.3, -0.25) is 14.4 Å². The number of amides is 2. The Morgan fingerprint density at radius 1 is 1.53 bits per heavy atom. The molecule has 0 spiro atoms. The van der Waals surface area contributed by atoms with Gasteiger partial charge in [-0.1, -0.05) is 6.92 Å². The van der Waals surface area contributed by atoms with Gasteiger partial charge in [0.05, 0.1) is 0 Å². The van der Waals surface area contributed by atoms with Gasteiger partial charge < -0.3 is 15.3 Å². The molecule has 6 heteroatoms. The molecule has 0 bridgehead atoms. The first-order valence-corrected chi connectivity index (χ1v) is 5.85. The van der Waals surface area contributed by atoms with Gasteiger partial charge in [0.2, 0.25) is 11.8 Å². The summed E-state index contributed by atoms with van der Waals surface area (Å²) in [5.41, 5.74) is -1.25. The summed E-state index contributed by atoms with van der Waals surface area (Å²) < 4.78 is 0. The normalized spacial score (nSPS) is 26.3. The molecule has 1 aliphatic carbocycles. The van der Waals surface area contributed by atoms with E-state index in [1.807, 2.05) is 6.92 Å². The lowest BCUT2D eigenvalue weighted by Gasteiger charge is -2.36. The highest BCUT2D eigenvalue weighted by Gasteiger charge is 2.59. The van der Waals surface area contributed by atoms with Gasteiger partial charge in [-0.15, -0.1) is 0 Å². The van der Waals surface area contributed by atoms with Crippen LogP contribution in [0.4, 0.5) is 0 Å². The molecule has 1 heterocycles. The van der Waals surface area contributed by atoms with E-state index in [2.05, 4.69) is 5.32 Å². The zero-order chi connectivity index (χ0) is 12.6. The van der Waals surface area contributed by atoms with Crippen LogP contribution in [0.15, 0.2) is 0 Å². The summed E-state index contributed by atoms with van der Waals surface area (Å²) in [5, 5.41) is 11.8.